The molecule has 0 spiro atoms. The molecule has 8 heteroatoms. The topological polar surface area (TPSA) is 71.1 Å². The fourth-order valence-electron chi connectivity index (χ4n) is 2.40. The summed E-state index contributed by atoms with van der Waals surface area (Å²) in [7, 11) is 0. The van der Waals surface area contributed by atoms with Crippen LogP contribution in [0.4, 0.5) is 4.39 Å². The molecule has 5 nitrogen and oxygen atoms in total. The summed E-state index contributed by atoms with van der Waals surface area (Å²) in [5.74, 6) is -0.858. The molecular formula is C19H18FN3O2S2. The Morgan fingerprint density at radius 2 is 1.81 bits per heavy atom. The van der Waals surface area contributed by atoms with Crippen molar-refractivity contribution >= 4 is 34.5 Å². The fraction of sp³-hybridized carbons (Fsp3) is 0.211. The number of aromatic nitrogens is 1. The molecule has 0 fully saturated rings. The third-order valence-electron chi connectivity index (χ3n) is 3.73. The molecule has 0 aliphatic heterocycles. The molecule has 1 aromatic carbocycles. The van der Waals surface area contributed by atoms with Gasteiger partial charge in [-0.1, -0.05) is 6.07 Å². The Hall–Kier alpha value is -2.58. The van der Waals surface area contributed by atoms with Gasteiger partial charge >= 0.3 is 0 Å². The predicted octanol–water partition coefficient (Wildman–Crippen LogP) is 3.72. The summed E-state index contributed by atoms with van der Waals surface area (Å²) in [6.45, 7) is 0. The Morgan fingerprint density at radius 1 is 1.04 bits per heavy atom. The standard InChI is InChI=1S/C19H18FN3O2S2/c20-14-8-6-13(7-9-14)19-21-15(12-27-19)11-18(25)23-22-17(24)5-1-3-16-4-2-10-26-16/h2,4,6-10,12H,1,3,5,11H2,(H,22,24)(H,23,25). The van der Waals surface area contributed by atoms with Crippen LogP contribution in [0.5, 0.6) is 0 Å². The number of rotatable bonds is 7. The van der Waals surface area contributed by atoms with Crippen molar-refractivity contribution in [2.45, 2.75) is 25.7 Å². The second-order valence-electron chi connectivity index (χ2n) is 5.86. The van der Waals surface area contributed by atoms with Crippen LogP contribution < -0.4 is 10.9 Å². The zero-order valence-corrected chi connectivity index (χ0v) is 16.0. The van der Waals surface area contributed by atoms with Gasteiger partial charge in [-0.15, -0.1) is 22.7 Å². The SMILES string of the molecule is O=C(CCCc1cccs1)NNC(=O)Cc1csc(-c2ccc(F)cc2)n1. The number of halogens is 1. The molecule has 3 rings (SSSR count). The van der Waals surface area contributed by atoms with E-state index < -0.39 is 0 Å². The van der Waals surface area contributed by atoms with Crippen molar-refractivity contribution in [2.75, 3.05) is 0 Å². The van der Waals surface area contributed by atoms with Crippen LogP contribution in [0.25, 0.3) is 10.6 Å². The molecule has 2 N–H and O–H groups in total. The van der Waals surface area contributed by atoms with Crippen LogP contribution in [0.3, 0.4) is 0 Å². The zero-order valence-electron chi connectivity index (χ0n) is 14.4. The lowest BCUT2D eigenvalue weighted by Gasteiger charge is -2.06. The van der Waals surface area contributed by atoms with E-state index in [4.69, 9.17) is 0 Å². The van der Waals surface area contributed by atoms with Crippen molar-refractivity contribution in [3.05, 3.63) is 63.5 Å². The number of carbonyl (C=O) groups is 2. The van der Waals surface area contributed by atoms with E-state index in [0.29, 0.717) is 12.1 Å². The Bertz CT molecular complexity index is 892. The average Bonchev–Trinajstić information content (AvgIpc) is 3.33. The van der Waals surface area contributed by atoms with Gasteiger partial charge in [-0.2, -0.15) is 0 Å². The van der Waals surface area contributed by atoms with Crippen LogP contribution in [-0.2, 0) is 22.4 Å². The van der Waals surface area contributed by atoms with Crippen LogP contribution >= 0.6 is 22.7 Å². The minimum atomic E-state index is -0.336. The third-order valence-corrected chi connectivity index (χ3v) is 5.61. The molecule has 0 bridgehead atoms. The van der Waals surface area contributed by atoms with Crippen LogP contribution in [0, 0.1) is 5.82 Å². The van der Waals surface area contributed by atoms with Crippen LogP contribution in [0.15, 0.2) is 47.2 Å². The summed E-state index contributed by atoms with van der Waals surface area (Å²) in [6.07, 6.45) is 2.00. The third kappa shape index (κ3) is 5.97. The number of nitrogens with one attached hydrogen (secondary N) is 2. The minimum Gasteiger partial charge on any atom is -0.273 e. The quantitative estimate of drug-likeness (QED) is 0.591. The molecule has 0 saturated heterocycles. The van der Waals surface area contributed by atoms with E-state index in [-0.39, 0.29) is 24.1 Å². The molecule has 0 aliphatic carbocycles. The predicted molar refractivity (Wildman–Crippen MR) is 105 cm³/mol. The van der Waals surface area contributed by atoms with Crippen molar-refractivity contribution in [3.63, 3.8) is 0 Å². The Morgan fingerprint density at radius 3 is 2.56 bits per heavy atom. The largest absolute Gasteiger partial charge is 0.273 e. The molecule has 0 radical (unpaired) electrons. The van der Waals surface area contributed by atoms with E-state index in [0.717, 1.165) is 23.4 Å². The number of aryl methyl sites for hydroxylation is 1. The van der Waals surface area contributed by atoms with Crippen LogP contribution in [-0.4, -0.2) is 16.8 Å². The van der Waals surface area contributed by atoms with Gasteiger partial charge < -0.3 is 0 Å². The zero-order chi connectivity index (χ0) is 19.1. The molecule has 0 aliphatic rings. The van der Waals surface area contributed by atoms with Gasteiger partial charge in [-0.3, -0.25) is 20.4 Å². The number of hydrogen-bond acceptors (Lipinski definition) is 5. The van der Waals surface area contributed by atoms with Crippen LogP contribution in [0.2, 0.25) is 0 Å². The molecule has 0 unspecified atom stereocenters. The summed E-state index contributed by atoms with van der Waals surface area (Å²) in [6, 6.07) is 10.1. The van der Waals surface area contributed by atoms with Gasteiger partial charge in [0.2, 0.25) is 11.8 Å². The Labute approximate surface area is 164 Å². The van der Waals surface area contributed by atoms with E-state index in [1.54, 1.807) is 28.8 Å². The lowest BCUT2D eigenvalue weighted by atomic mass is 10.2. The molecule has 3 aromatic rings. The number of hydrogen-bond donors (Lipinski definition) is 2. The highest BCUT2D eigenvalue weighted by Crippen LogP contribution is 2.24. The number of amides is 2. The smallest absolute Gasteiger partial charge is 0.244 e. The normalized spacial score (nSPS) is 10.6. The van der Waals surface area contributed by atoms with Gasteiger partial charge in [-0.25, -0.2) is 9.37 Å². The Balaban J connectivity index is 1.40. The molecule has 2 aromatic heterocycles. The number of thiophene rings is 1. The maximum Gasteiger partial charge on any atom is 0.244 e. The second kappa shape index (κ2) is 9.38. The van der Waals surface area contributed by atoms with Gasteiger partial charge in [-0.05, 0) is 48.6 Å². The highest BCUT2D eigenvalue weighted by molar-refractivity contribution is 7.13. The van der Waals surface area contributed by atoms with Crippen molar-refractivity contribution in [1.29, 1.82) is 0 Å². The van der Waals surface area contributed by atoms with Gasteiger partial charge in [0.15, 0.2) is 0 Å². The summed E-state index contributed by atoms with van der Waals surface area (Å²) in [5, 5.41) is 4.51. The maximum atomic E-state index is 13.0. The number of thiazole rings is 1. The lowest BCUT2D eigenvalue weighted by molar-refractivity contribution is -0.128. The summed E-state index contributed by atoms with van der Waals surface area (Å²) < 4.78 is 13.0. The van der Waals surface area contributed by atoms with E-state index in [1.165, 1.54) is 28.3 Å². The van der Waals surface area contributed by atoms with Crippen molar-refractivity contribution < 1.29 is 14.0 Å². The number of benzene rings is 1. The molecule has 2 amide bonds. The van der Waals surface area contributed by atoms with Gasteiger partial charge in [0, 0.05) is 22.2 Å². The molecule has 0 saturated carbocycles. The second-order valence-corrected chi connectivity index (χ2v) is 7.75. The minimum absolute atomic E-state index is 0.0627. The molecule has 2 heterocycles. The first kappa shape index (κ1) is 19.2. The number of carbonyl (C=O) groups excluding carboxylic acids is 2. The van der Waals surface area contributed by atoms with E-state index >= 15 is 0 Å². The molecule has 140 valence electrons. The molecular weight excluding hydrogens is 385 g/mol. The van der Waals surface area contributed by atoms with Crippen molar-refractivity contribution in [2.24, 2.45) is 0 Å². The first-order valence-corrected chi connectivity index (χ1v) is 10.2. The lowest BCUT2D eigenvalue weighted by Crippen LogP contribution is -2.42. The highest BCUT2D eigenvalue weighted by atomic mass is 32.1. The number of hydrazine groups is 1. The summed E-state index contributed by atoms with van der Waals surface area (Å²) >= 11 is 3.05. The van der Waals surface area contributed by atoms with Crippen LogP contribution in [0.1, 0.15) is 23.4 Å². The van der Waals surface area contributed by atoms with E-state index in [9.17, 15) is 14.0 Å². The first-order valence-electron chi connectivity index (χ1n) is 8.40. The fourth-order valence-corrected chi connectivity index (χ4v) is 3.98. The summed E-state index contributed by atoms with van der Waals surface area (Å²) in [5.41, 5.74) is 6.24. The maximum absolute atomic E-state index is 13.0. The summed E-state index contributed by atoms with van der Waals surface area (Å²) in [4.78, 5) is 29.4. The number of nitrogens with zero attached hydrogens (tertiary/aromatic N) is 1. The molecule has 27 heavy (non-hydrogen) atoms. The van der Waals surface area contributed by atoms with Gasteiger partial charge in [0.05, 0.1) is 12.1 Å². The first-order chi connectivity index (χ1) is 13.1. The van der Waals surface area contributed by atoms with Gasteiger partial charge in [0.25, 0.3) is 0 Å². The highest BCUT2D eigenvalue weighted by Gasteiger charge is 2.10. The van der Waals surface area contributed by atoms with Crippen molar-refractivity contribution in [3.8, 4) is 10.6 Å². The van der Waals surface area contributed by atoms with E-state index in [2.05, 4.69) is 15.8 Å². The average molecular weight is 404 g/mol. The molecule has 0 atom stereocenters. The van der Waals surface area contributed by atoms with E-state index in [1.807, 2.05) is 17.5 Å². The Kier molecular flexibility index (Phi) is 6.67. The van der Waals surface area contributed by atoms with Crippen molar-refractivity contribution in [1.82, 2.24) is 15.8 Å². The van der Waals surface area contributed by atoms with Gasteiger partial charge in [0.1, 0.15) is 10.8 Å². The monoisotopic (exact) mass is 403 g/mol.